The predicted octanol–water partition coefficient (Wildman–Crippen LogP) is 2.34. The zero-order valence-corrected chi connectivity index (χ0v) is 8.62. The summed E-state index contributed by atoms with van der Waals surface area (Å²) in [5.74, 6) is 0.0255. The van der Waals surface area contributed by atoms with Crippen LogP contribution in [-0.4, -0.2) is 11.4 Å². The molecule has 0 spiro atoms. The highest BCUT2D eigenvalue weighted by Crippen LogP contribution is 1.96. The van der Waals surface area contributed by atoms with Gasteiger partial charge in [0.1, 0.15) is 0 Å². The van der Waals surface area contributed by atoms with E-state index in [1.807, 2.05) is 20.8 Å². The Morgan fingerprint density at radius 1 is 1.27 bits per heavy atom. The molecule has 0 heterocycles. The van der Waals surface area contributed by atoms with Crippen LogP contribution in [0.4, 0.5) is 0 Å². The van der Waals surface area contributed by atoms with E-state index in [-0.39, 0.29) is 11.4 Å². The molecular weight excluding hydrogens is 138 g/mol. The average Bonchev–Trinajstić information content (AvgIpc) is 1.57. The molecule has 0 aliphatic rings. The second-order valence-corrected chi connectivity index (χ2v) is 3.64. The second-order valence-electron chi connectivity index (χ2n) is 3.64. The lowest BCUT2D eigenvalue weighted by atomic mass is 10.1. The molecule has 0 aromatic carbocycles. The number of hydrogen-bond acceptors (Lipinski definition) is 1. The zero-order valence-electron chi connectivity index (χ0n) is 8.62. The standard InChI is InChI=1S/C6H13NO.C3H8/c1-5(8)7-6(2,3)4;1-3-2/h1-4H3,(H,7,8);3H2,1-2H3. The Labute approximate surface area is 70.4 Å². The van der Waals surface area contributed by atoms with Gasteiger partial charge in [-0.2, -0.15) is 0 Å². The van der Waals surface area contributed by atoms with Gasteiger partial charge in [0.15, 0.2) is 0 Å². The van der Waals surface area contributed by atoms with E-state index in [0.29, 0.717) is 0 Å². The van der Waals surface area contributed by atoms with E-state index in [4.69, 9.17) is 0 Å². The van der Waals surface area contributed by atoms with Crippen LogP contribution in [0.1, 0.15) is 48.0 Å². The molecule has 0 rings (SSSR count). The van der Waals surface area contributed by atoms with E-state index in [9.17, 15) is 4.79 Å². The first kappa shape index (κ1) is 13.1. The van der Waals surface area contributed by atoms with Crippen LogP contribution in [0.25, 0.3) is 0 Å². The molecule has 0 saturated heterocycles. The van der Waals surface area contributed by atoms with Crippen molar-refractivity contribution in [1.29, 1.82) is 0 Å². The largest absolute Gasteiger partial charge is 0.352 e. The van der Waals surface area contributed by atoms with E-state index in [1.54, 1.807) is 0 Å². The molecular formula is C9H21NO. The van der Waals surface area contributed by atoms with Crippen LogP contribution in [0.3, 0.4) is 0 Å². The maximum absolute atomic E-state index is 10.3. The van der Waals surface area contributed by atoms with E-state index < -0.39 is 0 Å². The second kappa shape index (κ2) is 6.20. The highest BCUT2D eigenvalue weighted by molar-refractivity contribution is 5.73. The fraction of sp³-hybridized carbons (Fsp3) is 0.889. The molecule has 68 valence electrons. The van der Waals surface area contributed by atoms with Crippen LogP contribution >= 0.6 is 0 Å². The molecule has 0 radical (unpaired) electrons. The molecule has 0 aliphatic heterocycles. The molecule has 1 amide bonds. The Balaban J connectivity index is 0. The number of nitrogens with one attached hydrogen (secondary N) is 1. The Morgan fingerprint density at radius 2 is 1.55 bits per heavy atom. The maximum Gasteiger partial charge on any atom is 0.217 e. The van der Waals surface area contributed by atoms with E-state index in [2.05, 4.69) is 19.2 Å². The summed E-state index contributed by atoms with van der Waals surface area (Å²) in [7, 11) is 0. The van der Waals surface area contributed by atoms with Gasteiger partial charge in [0.2, 0.25) is 5.91 Å². The van der Waals surface area contributed by atoms with Crippen LogP contribution in [0.5, 0.6) is 0 Å². The van der Waals surface area contributed by atoms with E-state index >= 15 is 0 Å². The van der Waals surface area contributed by atoms with Gasteiger partial charge >= 0.3 is 0 Å². The fourth-order valence-corrected chi connectivity index (χ4v) is 0.528. The van der Waals surface area contributed by atoms with Gasteiger partial charge in [0, 0.05) is 12.5 Å². The Kier molecular flexibility index (Phi) is 7.37. The Hall–Kier alpha value is -0.530. The number of amides is 1. The van der Waals surface area contributed by atoms with Crippen molar-refractivity contribution in [2.75, 3.05) is 0 Å². The van der Waals surface area contributed by atoms with Crippen molar-refractivity contribution in [3.8, 4) is 0 Å². The third-order valence-electron chi connectivity index (χ3n) is 0.551. The first-order valence-electron chi connectivity index (χ1n) is 4.12. The fourth-order valence-electron chi connectivity index (χ4n) is 0.528. The third-order valence-corrected chi connectivity index (χ3v) is 0.551. The topological polar surface area (TPSA) is 29.1 Å². The van der Waals surface area contributed by atoms with Gasteiger partial charge in [-0.25, -0.2) is 0 Å². The molecule has 11 heavy (non-hydrogen) atoms. The van der Waals surface area contributed by atoms with E-state index in [0.717, 1.165) is 0 Å². The van der Waals surface area contributed by atoms with Crippen LogP contribution in [0.15, 0.2) is 0 Å². The summed E-state index contributed by atoms with van der Waals surface area (Å²) in [6.07, 6.45) is 1.25. The van der Waals surface area contributed by atoms with Crippen molar-refractivity contribution in [2.45, 2.75) is 53.5 Å². The smallest absolute Gasteiger partial charge is 0.217 e. The average molecular weight is 159 g/mol. The van der Waals surface area contributed by atoms with Crippen molar-refractivity contribution in [1.82, 2.24) is 5.32 Å². The summed E-state index contributed by atoms with van der Waals surface area (Å²) >= 11 is 0. The van der Waals surface area contributed by atoms with Gasteiger partial charge in [-0.1, -0.05) is 20.3 Å². The maximum atomic E-state index is 10.3. The van der Waals surface area contributed by atoms with Crippen LogP contribution in [0.2, 0.25) is 0 Å². The molecule has 0 saturated carbocycles. The highest BCUT2D eigenvalue weighted by Gasteiger charge is 2.08. The summed E-state index contributed by atoms with van der Waals surface area (Å²) < 4.78 is 0. The monoisotopic (exact) mass is 159 g/mol. The third kappa shape index (κ3) is 26.4. The van der Waals surface area contributed by atoms with Gasteiger partial charge < -0.3 is 5.32 Å². The molecule has 2 heteroatoms. The van der Waals surface area contributed by atoms with Gasteiger partial charge in [0.05, 0.1) is 0 Å². The summed E-state index contributed by atoms with van der Waals surface area (Å²) in [4.78, 5) is 10.3. The molecule has 0 bridgehead atoms. The van der Waals surface area contributed by atoms with Crippen molar-refractivity contribution in [3.05, 3.63) is 0 Å². The minimum absolute atomic E-state index is 0.0255. The van der Waals surface area contributed by atoms with Crippen LogP contribution in [0, 0.1) is 0 Å². The van der Waals surface area contributed by atoms with Crippen LogP contribution in [-0.2, 0) is 4.79 Å². The first-order valence-corrected chi connectivity index (χ1v) is 4.12. The van der Waals surface area contributed by atoms with Gasteiger partial charge in [-0.15, -0.1) is 0 Å². The van der Waals surface area contributed by atoms with Crippen LogP contribution < -0.4 is 5.32 Å². The molecule has 0 aromatic heterocycles. The quantitative estimate of drug-likeness (QED) is 0.577. The van der Waals surface area contributed by atoms with Crippen molar-refractivity contribution in [2.24, 2.45) is 0 Å². The minimum atomic E-state index is -0.0775. The molecule has 1 N–H and O–H groups in total. The van der Waals surface area contributed by atoms with Gasteiger partial charge in [-0.05, 0) is 20.8 Å². The minimum Gasteiger partial charge on any atom is -0.352 e. The number of rotatable bonds is 0. The van der Waals surface area contributed by atoms with Crippen molar-refractivity contribution < 1.29 is 4.79 Å². The predicted molar refractivity (Wildman–Crippen MR) is 49.5 cm³/mol. The Morgan fingerprint density at radius 3 is 1.55 bits per heavy atom. The lowest BCUT2D eigenvalue weighted by Crippen LogP contribution is -2.38. The van der Waals surface area contributed by atoms with Gasteiger partial charge in [0.25, 0.3) is 0 Å². The number of hydrogen-bond donors (Lipinski definition) is 1. The highest BCUT2D eigenvalue weighted by atomic mass is 16.1. The molecule has 2 nitrogen and oxygen atoms in total. The summed E-state index contributed by atoms with van der Waals surface area (Å²) in [6, 6.07) is 0. The van der Waals surface area contributed by atoms with Gasteiger partial charge in [-0.3, -0.25) is 4.79 Å². The lowest BCUT2D eigenvalue weighted by Gasteiger charge is -2.18. The van der Waals surface area contributed by atoms with E-state index in [1.165, 1.54) is 13.3 Å². The summed E-state index contributed by atoms with van der Waals surface area (Å²) in [5, 5.41) is 2.74. The molecule has 0 fully saturated rings. The molecule has 0 aromatic rings. The van der Waals surface area contributed by atoms with Crippen molar-refractivity contribution in [3.63, 3.8) is 0 Å². The zero-order chi connectivity index (χ0) is 9.49. The lowest BCUT2D eigenvalue weighted by molar-refractivity contribution is -0.120. The number of carbonyl (C=O) groups excluding carboxylic acids is 1. The summed E-state index contributed by atoms with van der Waals surface area (Å²) in [5.41, 5.74) is -0.0775. The molecule has 0 unspecified atom stereocenters. The molecule has 0 aliphatic carbocycles. The SMILES string of the molecule is CC(=O)NC(C)(C)C.CCC. The number of carbonyl (C=O) groups is 1. The summed E-state index contributed by atoms with van der Waals surface area (Å²) in [6.45, 7) is 11.6. The first-order chi connectivity index (χ1) is 4.83. The normalized spacial score (nSPS) is 9.64. The molecule has 0 atom stereocenters. The Bertz CT molecular complexity index is 103. The van der Waals surface area contributed by atoms with Crippen molar-refractivity contribution >= 4 is 5.91 Å².